The summed E-state index contributed by atoms with van der Waals surface area (Å²) in [5.74, 6) is 1.12. The third kappa shape index (κ3) is 3.10. The van der Waals surface area contributed by atoms with Crippen LogP contribution in [0.15, 0.2) is 30.5 Å². The molecule has 2 heterocycles. The highest BCUT2D eigenvalue weighted by atomic mass is 15.3. The van der Waals surface area contributed by atoms with Crippen LogP contribution >= 0.6 is 0 Å². The van der Waals surface area contributed by atoms with Gasteiger partial charge in [-0.2, -0.15) is 0 Å². The highest BCUT2D eigenvalue weighted by Crippen LogP contribution is 2.28. The number of piperazine rings is 1. The minimum Gasteiger partial charge on any atom is -0.383 e. The van der Waals surface area contributed by atoms with Gasteiger partial charge in [0.2, 0.25) is 0 Å². The Morgan fingerprint density at radius 1 is 1.10 bits per heavy atom. The summed E-state index contributed by atoms with van der Waals surface area (Å²) in [6.45, 7) is 8.61. The fourth-order valence-electron chi connectivity index (χ4n) is 2.85. The van der Waals surface area contributed by atoms with Gasteiger partial charge in [-0.05, 0) is 44.5 Å². The van der Waals surface area contributed by atoms with Crippen molar-refractivity contribution in [3.05, 3.63) is 30.5 Å². The van der Waals surface area contributed by atoms with Crippen LogP contribution in [0.25, 0.3) is 10.8 Å². The van der Waals surface area contributed by atoms with E-state index in [1.54, 1.807) is 0 Å². The molecule has 0 saturated carbocycles. The average molecular weight is 284 g/mol. The zero-order chi connectivity index (χ0) is 14.8. The molecular formula is C17H24N4. The summed E-state index contributed by atoms with van der Waals surface area (Å²) in [5.41, 5.74) is 1.17. The molecule has 1 aliphatic rings. The van der Waals surface area contributed by atoms with Gasteiger partial charge in [0.1, 0.15) is 5.82 Å². The summed E-state index contributed by atoms with van der Waals surface area (Å²) in [5, 5.41) is 5.98. The maximum Gasteiger partial charge on any atom is 0.136 e. The highest BCUT2D eigenvalue weighted by Gasteiger charge is 2.17. The smallest absolute Gasteiger partial charge is 0.136 e. The molecule has 0 radical (unpaired) electrons. The first-order valence-corrected chi connectivity index (χ1v) is 7.72. The number of hydrogen-bond donors (Lipinski definition) is 1. The molecule has 1 aromatic carbocycles. The predicted octanol–water partition coefficient (Wildman–Crippen LogP) is 2.81. The lowest BCUT2D eigenvalue weighted by Crippen LogP contribution is -2.44. The van der Waals surface area contributed by atoms with Gasteiger partial charge in [-0.25, -0.2) is 4.98 Å². The van der Waals surface area contributed by atoms with E-state index in [1.165, 1.54) is 16.5 Å². The fourth-order valence-corrected chi connectivity index (χ4v) is 2.85. The van der Waals surface area contributed by atoms with Gasteiger partial charge < -0.3 is 15.1 Å². The standard InChI is InChI=1S/C17H24N4/c1-13(2)19-15-5-4-14-6-7-18-17(16(14)12-15)21-10-8-20(3)9-11-21/h4-7,12-13,19H,8-11H2,1-3H3. The number of likely N-dealkylation sites (N-methyl/N-ethyl adjacent to an activating group) is 1. The van der Waals surface area contributed by atoms with Crippen LogP contribution in [0.2, 0.25) is 0 Å². The van der Waals surface area contributed by atoms with Crippen molar-refractivity contribution in [3.8, 4) is 0 Å². The van der Waals surface area contributed by atoms with E-state index in [1.807, 2.05) is 6.20 Å². The Morgan fingerprint density at radius 2 is 1.86 bits per heavy atom. The highest BCUT2D eigenvalue weighted by molar-refractivity contribution is 5.94. The van der Waals surface area contributed by atoms with Gasteiger partial charge >= 0.3 is 0 Å². The molecular weight excluding hydrogens is 260 g/mol. The lowest BCUT2D eigenvalue weighted by Gasteiger charge is -2.33. The second kappa shape index (κ2) is 5.90. The minimum absolute atomic E-state index is 0.436. The van der Waals surface area contributed by atoms with Crippen molar-refractivity contribution in [2.75, 3.05) is 43.4 Å². The number of anilines is 2. The third-order valence-corrected chi connectivity index (χ3v) is 4.00. The number of fused-ring (bicyclic) bond motifs is 1. The first-order chi connectivity index (χ1) is 10.1. The number of benzene rings is 1. The summed E-state index contributed by atoms with van der Waals surface area (Å²) in [6, 6.07) is 9.09. The van der Waals surface area contributed by atoms with Crippen molar-refractivity contribution in [2.24, 2.45) is 0 Å². The largest absolute Gasteiger partial charge is 0.383 e. The van der Waals surface area contributed by atoms with E-state index >= 15 is 0 Å². The normalized spacial score (nSPS) is 16.7. The molecule has 1 N–H and O–H groups in total. The van der Waals surface area contributed by atoms with Crippen LogP contribution < -0.4 is 10.2 Å². The lowest BCUT2D eigenvalue weighted by molar-refractivity contribution is 0.312. The number of nitrogens with one attached hydrogen (secondary N) is 1. The summed E-state index contributed by atoms with van der Waals surface area (Å²) >= 11 is 0. The monoisotopic (exact) mass is 284 g/mol. The van der Waals surface area contributed by atoms with Crippen LogP contribution in [0.3, 0.4) is 0 Å². The summed E-state index contributed by atoms with van der Waals surface area (Å²) in [6.07, 6.45) is 1.92. The molecule has 1 fully saturated rings. The Morgan fingerprint density at radius 3 is 2.57 bits per heavy atom. The van der Waals surface area contributed by atoms with Gasteiger partial charge in [0.15, 0.2) is 0 Å². The first kappa shape index (κ1) is 14.1. The van der Waals surface area contributed by atoms with Gasteiger partial charge in [-0.3, -0.25) is 0 Å². The second-order valence-corrected chi connectivity index (χ2v) is 6.16. The summed E-state index contributed by atoms with van der Waals surface area (Å²) in [4.78, 5) is 9.43. The van der Waals surface area contributed by atoms with Crippen LogP contribution in [0, 0.1) is 0 Å². The van der Waals surface area contributed by atoms with Crippen molar-refractivity contribution in [1.82, 2.24) is 9.88 Å². The third-order valence-electron chi connectivity index (χ3n) is 4.00. The molecule has 112 valence electrons. The summed E-state index contributed by atoms with van der Waals surface area (Å²) in [7, 11) is 2.18. The maximum atomic E-state index is 4.66. The molecule has 0 unspecified atom stereocenters. The molecule has 4 nitrogen and oxygen atoms in total. The lowest BCUT2D eigenvalue weighted by atomic mass is 10.1. The van der Waals surface area contributed by atoms with Gasteiger partial charge in [0.25, 0.3) is 0 Å². The number of hydrogen-bond acceptors (Lipinski definition) is 4. The van der Waals surface area contributed by atoms with Gasteiger partial charge in [-0.1, -0.05) is 6.07 Å². The molecule has 4 heteroatoms. The maximum absolute atomic E-state index is 4.66. The number of rotatable bonds is 3. The Balaban J connectivity index is 1.97. The molecule has 21 heavy (non-hydrogen) atoms. The van der Waals surface area contributed by atoms with E-state index in [4.69, 9.17) is 0 Å². The number of pyridine rings is 1. The Bertz CT molecular complexity index is 615. The molecule has 3 rings (SSSR count). The average Bonchev–Trinajstić information content (AvgIpc) is 2.47. The molecule has 0 bridgehead atoms. The van der Waals surface area contributed by atoms with E-state index in [-0.39, 0.29) is 0 Å². The molecule has 0 atom stereocenters. The Kier molecular flexibility index (Phi) is 3.97. The molecule has 0 amide bonds. The van der Waals surface area contributed by atoms with E-state index in [0.29, 0.717) is 6.04 Å². The molecule has 1 aliphatic heterocycles. The van der Waals surface area contributed by atoms with Crippen molar-refractivity contribution in [1.29, 1.82) is 0 Å². The van der Waals surface area contributed by atoms with Crippen molar-refractivity contribution < 1.29 is 0 Å². The predicted molar refractivity (Wildman–Crippen MR) is 90.2 cm³/mol. The number of nitrogens with zero attached hydrogens (tertiary/aromatic N) is 3. The quantitative estimate of drug-likeness (QED) is 0.939. The zero-order valence-electron chi connectivity index (χ0n) is 13.1. The van der Waals surface area contributed by atoms with Crippen LogP contribution in [0.1, 0.15) is 13.8 Å². The van der Waals surface area contributed by atoms with E-state index in [2.05, 4.69) is 65.3 Å². The first-order valence-electron chi connectivity index (χ1n) is 7.72. The van der Waals surface area contributed by atoms with Crippen LogP contribution in [0.5, 0.6) is 0 Å². The van der Waals surface area contributed by atoms with Crippen molar-refractivity contribution in [2.45, 2.75) is 19.9 Å². The van der Waals surface area contributed by atoms with Crippen LogP contribution in [0.4, 0.5) is 11.5 Å². The van der Waals surface area contributed by atoms with E-state index < -0.39 is 0 Å². The van der Waals surface area contributed by atoms with Gasteiger partial charge in [-0.15, -0.1) is 0 Å². The Labute approximate surface area is 126 Å². The minimum atomic E-state index is 0.436. The van der Waals surface area contributed by atoms with Crippen molar-refractivity contribution >= 4 is 22.3 Å². The zero-order valence-corrected chi connectivity index (χ0v) is 13.1. The van der Waals surface area contributed by atoms with Gasteiger partial charge in [0.05, 0.1) is 0 Å². The van der Waals surface area contributed by atoms with E-state index in [9.17, 15) is 0 Å². The number of aromatic nitrogens is 1. The van der Waals surface area contributed by atoms with E-state index in [0.717, 1.165) is 32.0 Å². The second-order valence-electron chi connectivity index (χ2n) is 6.16. The summed E-state index contributed by atoms with van der Waals surface area (Å²) < 4.78 is 0. The van der Waals surface area contributed by atoms with Crippen LogP contribution in [-0.4, -0.2) is 49.2 Å². The SMILES string of the molecule is CC(C)Nc1ccc2ccnc(N3CCN(C)CC3)c2c1. The van der Waals surface area contributed by atoms with Crippen molar-refractivity contribution in [3.63, 3.8) is 0 Å². The molecule has 1 saturated heterocycles. The molecule has 2 aromatic rings. The topological polar surface area (TPSA) is 31.4 Å². The fraction of sp³-hybridized carbons (Fsp3) is 0.471. The van der Waals surface area contributed by atoms with Crippen LogP contribution in [-0.2, 0) is 0 Å². The Hall–Kier alpha value is -1.81. The molecule has 0 aliphatic carbocycles. The molecule has 0 spiro atoms. The van der Waals surface area contributed by atoms with Gasteiger partial charge in [0, 0.05) is 49.5 Å². The molecule has 1 aromatic heterocycles.